The lowest BCUT2D eigenvalue weighted by atomic mass is 10.2. The number of thiophene rings is 1. The fourth-order valence-corrected chi connectivity index (χ4v) is 3.68. The summed E-state index contributed by atoms with van der Waals surface area (Å²) in [5.74, 6) is 0.973. The van der Waals surface area contributed by atoms with Gasteiger partial charge >= 0.3 is 0 Å². The number of aromatic nitrogens is 2. The first-order chi connectivity index (χ1) is 10.6. The number of amides is 1. The topological polar surface area (TPSA) is 102 Å². The minimum Gasteiger partial charge on any atom is -0.464 e. The second-order valence-electron chi connectivity index (χ2n) is 4.68. The van der Waals surface area contributed by atoms with Crippen LogP contribution < -0.4 is 11.3 Å². The van der Waals surface area contributed by atoms with Crippen molar-refractivity contribution in [2.45, 2.75) is 12.2 Å². The van der Waals surface area contributed by atoms with Crippen molar-refractivity contribution in [3.05, 3.63) is 40.0 Å². The van der Waals surface area contributed by atoms with E-state index >= 15 is 0 Å². The van der Waals surface area contributed by atoms with E-state index in [0.29, 0.717) is 21.8 Å². The number of hydrogen-bond acceptors (Lipinski definition) is 6. The summed E-state index contributed by atoms with van der Waals surface area (Å²) in [5.41, 5.74) is 5.67. The molecule has 0 aromatic carbocycles. The molecule has 114 valence electrons. The van der Waals surface area contributed by atoms with Crippen LogP contribution in [0.25, 0.3) is 21.5 Å². The van der Waals surface area contributed by atoms with E-state index in [1.54, 1.807) is 18.4 Å². The van der Waals surface area contributed by atoms with Gasteiger partial charge in [0.25, 0.3) is 5.56 Å². The Balaban J connectivity index is 2.00. The maximum Gasteiger partial charge on any atom is 0.260 e. The summed E-state index contributed by atoms with van der Waals surface area (Å²) in [5, 5.41) is 2.26. The molecule has 8 heteroatoms. The first kappa shape index (κ1) is 14.9. The van der Waals surface area contributed by atoms with Gasteiger partial charge in [-0.1, -0.05) is 0 Å². The highest BCUT2D eigenvalue weighted by molar-refractivity contribution is 8.00. The molecule has 0 radical (unpaired) electrons. The number of furan rings is 1. The lowest BCUT2D eigenvalue weighted by molar-refractivity contribution is -0.115. The molecule has 0 bridgehead atoms. The minimum atomic E-state index is -0.392. The Hall–Kier alpha value is -2.06. The molecule has 3 aromatic rings. The van der Waals surface area contributed by atoms with Gasteiger partial charge in [-0.15, -0.1) is 23.1 Å². The van der Waals surface area contributed by atoms with Crippen molar-refractivity contribution < 1.29 is 9.21 Å². The molecular weight excluding hydrogens is 322 g/mol. The zero-order valence-corrected chi connectivity index (χ0v) is 13.3. The van der Waals surface area contributed by atoms with E-state index in [2.05, 4.69) is 9.97 Å². The largest absolute Gasteiger partial charge is 0.464 e. The summed E-state index contributed by atoms with van der Waals surface area (Å²) < 4.78 is 5.35. The molecule has 22 heavy (non-hydrogen) atoms. The number of nitrogens with two attached hydrogens (primary N) is 1. The van der Waals surface area contributed by atoms with Gasteiger partial charge in [0, 0.05) is 10.9 Å². The van der Waals surface area contributed by atoms with Gasteiger partial charge in [-0.25, -0.2) is 4.98 Å². The summed E-state index contributed by atoms with van der Waals surface area (Å²) >= 11 is 2.73. The standard InChI is InChI=1S/C14H13N3O3S2/c1-7(21-6-10(15)18)12-16-13(19)11-8(5-22-14(11)17-12)9-3-2-4-20-9/h2-5,7H,6H2,1H3,(H2,15,18)(H,16,17,19)/t7-/m0/s1. The number of fused-ring (bicyclic) bond motifs is 1. The second-order valence-corrected chi connectivity index (χ2v) is 6.86. The predicted molar refractivity (Wildman–Crippen MR) is 88.0 cm³/mol. The van der Waals surface area contributed by atoms with Gasteiger partial charge in [-0.05, 0) is 19.1 Å². The van der Waals surface area contributed by atoms with Crippen LogP contribution in [0.4, 0.5) is 0 Å². The van der Waals surface area contributed by atoms with E-state index in [0.717, 1.165) is 5.56 Å². The number of thioether (sulfide) groups is 1. The predicted octanol–water partition coefficient (Wildman–Crippen LogP) is 2.52. The Morgan fingerprint density at radius 2 is 2.41 bits per heavy atom. The number of carbonyl (C=O) groups excluding carboxylic acids is 1. The first-order valence-corrected chi connectivity index (χ1v) is 8.44. The monoisotopic (exact) mass is 335 g/mol. The SMILES string of the molecule is C[C@H](SCC(N)=O)c1nc2scc(-c3ccco3)c2c(=O)[nH]1. The molecule has 3 rings (SSSR count). The van der Waals surface area contributed by atoms with Crippen molar-refractivity contribution in [1.82, 2.24) is 9.97 Å². The highest BCUT2D eigenvalue weighted by Gasteiger charge is 2.17. The first-order valence-electron chi connectivity index (χ1n) is 6.51. The van der Waals surface area contributed by atoms with Crippen molar-refractivity contribution in [3.8, 4) is 11.3 Å². The highest BCUT2D eigenvalue weighted by Crippen LogP contribution is 2.32. The van der Waals surface area contributed by atoms with Crippen LogP contribution in [0.3, 0.4) is 0 Å². The molecule has 0 fully saturated rings. The molecule has 0 spiro atoms. The normalized spacial score (nSPS) is 12.6. The number of rotatable bonds is 5. The number of carbonyl (C=O) groups is 1. The van der Waals surface area contributed by atoms with Crippen LogP contribution in [0.1, 0.15) is 18.0 Å². The average Bonchev–Trinajstić information content (AvgIpc) is 3.12. The van der Waals surface area contributed by atoms with Gasteiger partial charge in [0.15, 0.2) is 0 Å². The summed E-state index contributed by atoms with van der Waals surface area (Å²) in [6, 6.07) is 3.58. The molecule has 6 nitrogen and oxygen atoms in total. The van der Waals surface area contributed by atoms with Crippen LogP contribution in [0, 0.1) is 0 Å². The zero-order chi connectivity index (χ0) is 15.7. The van der Waals surface area contributed by atoms with Crippen molar-refractivity contribution in [2.75, 3.05) is 5.75 Å². The average molecular weight is 335 g/mol. The van der Waals surface area contributed by atoms with Gasteiger partial charge < -0.3 is 15.1 Å². The van der Waals surface area contributed by atoms with Gasteiger partial charge in [-0.3, -0.25) is 9.59 Å². The van der Waals surface area contributed by atoms with Crippen molar-refractivity contribution in [1.29, 1.82) is 0 Å². The molecule has 1 amide bonds. The van der Waals surface area contributed by atoms with E-state index < -0.39 is 5.91 Å². The van der Waals surface area contributed by atoms with Gasteiger partial charge in [0.2, 0.25) is 5.91 Å². The summed E-state index contributed by atoms with van der Waals surface area (Å²) in [6.45, 7) is 1.87. The van der Waals surface area contributed by atoms with E-state index in [4.69, 9.17) is 10.2 Å². The molecule has 3 heterocycles. The fourth-order valence-electron chi connectivity index (χ4n) is 2.06. The number of primary amides is 1. The maximum atomic E-state index is 12.4. The molecule has 0 aliphatic carbocycles. The zero-order valence-electron chi connectivity index (χ0n) is 11.7. The number of aromatic amines is 1. The molecule has 0 aliphatic rings. The summed E-state index contributed by atoms with van der Waals surface area (Å²) in [6.07, 6.45) is 1.57. The van der Waals surface area contributed by atoms with Gasteiger partial charge in [0.1, 0.15) is 16.4 Å². The van der Waals surface area contributed by atoms with E-state index in [1.165, 1.54) is 23.1 Å². The van der Waals surface area contributed by atoms with Gasteiger partial charge in [-0.2, -0.15) is 0 Å². The number of nitrogens with one attached hydrogen (secondary N) is 1. The summed E-state index contributed by atoms with van der Waals surface area (Å²) in [7, 11) is 0. The smallest absolute Gasteiger partial charge is 0.260 e. The van der Waals surface area contributed by atoms with Crippen LogP contribution >= 0.6 is 23.1 Å². The van der Waals surface area contributed by atoms with E-state index in [9.17, 15) is 9.59 Å². The van der Waals surface area contributed by atoms with Crippen LogP contribution in [-0.2, 0) is 4.79 Å². The van der Waals surface area contributed by atoms with Gasteiger partial charge in [0.05, 0.1) is 22.7 Å². The Morgan fingerprint density at radius 1 is 1.59 bits per heavy atom. The quantitative estimate of drug-likeness (QED) is 0.746. The third kappa shape index (κ3) is 2.79. The van der Waals surface area contributed by atoms with Crippen LogP contribution in [0.5, 0.6) is 0 Å². The lowest BCUT2D eigenvalue weighted by Crippen LogP contribution is -2.16. The van der Waals surface area contributed by atoms with E-state index in [-0.39, 0.29) is 16.6 Å². The molecular formula is C14H13N3O3S2. The molecule has 3 aromatic heterocycles. The maximum absolute atomic E-state index is 12.4. The van der Waals surface area contributed by atoms with Crippen molar-refractivity contribution in [2.24, 2.45) is 5.73 Å². The molecule has 0 saturated heterocycles. The van der Waals surface area contributed by atoms with Crippen LogP contribution in [-0.4, -0.2) is 21.6 Å². The highest BCUT2D eigenvalue weighted by atomic mass is 32.2. The number of hydrogen-bond donors (Lipinski definition) is 2. The molecule has 0 unspecified atom stereocenters. The van der Waals surface area contributed by atoms with E-state index in [1.807, 2.05) is 12.3 Å². The van der Waals surface area contributed by atoms with Crippen LogP contribution in [0.15, 0.2) is 33.0 Å². The third-order valence-electron chi connectivity index (χ3n) is 3.11. The minimum absolute atomic E-state index is 0.126. The fraction of sp³-hybridized carbons (Fsp3) is 0.214. The number of nitrogens with zero attached hydrogens (tertiary/aromatic N) is 1. The Labute approximate surface area is 133 Å². The Bertz CT molecular complexity index is 867. The lowest BCUT2D eigenvalue weighted by Gasteiger charge is -2.09. The van der Waals surface area contributed by atoms with Crippen molar-refractivity contribution in [3.63, 3.8) is 0 Å². The summed E-state index contributed by atoms with van der Waals surface area (Å²) in [4.78, 5) is 31.2. The molecule has 1 atom stereocenters. The Morgan fingerprint density at radius 3 is 3.09 bits per heavy atom. The molecule has 3 N–H and O–H groups in total. The second kappa shape index (κ2) is 5.98. The molecule has 0 saturated carbocycles. The molecule has 0 aliphatic heterocycles. The van der Waals surface area contributed by atoms with Crippen molar-refractivity contribution >= 4 is 39.2 Å². The number of H-pyrrole nitrogens is 1. The van der Waals surface area contributed by atoms with Crippen LogP contribution in [0.2, 0.25) is 0 Å². The third-order valence-corrected chi connectivity index (χ3v) is 5.16. The Kier molecular flexibility index (Phi) is 4.04.